The fourth-order valence-electron chi connectivity index (χ4n) is 3.87. The molecule has 1 aliphatic rings. The van der Waals surface area contributed by atoms with Crippen LogP contribution in [0.5, 0.6) is 11.5 Å². The molecule has 1 saturated heterocycles. The van der Waals surface area contributed by atoms with E-state index in [2.05, 4.69) is 0 Å². The summed E-state index contributed by atoms with van der Waals surface area (Å²) in [6.45, 7) is 1.05. The molecule has 1 amide bonds. The molecule has 6 heteroatoms. The number of ether oxygens (including phenoxy) is 1. The van der Waals surface area contributed by atoms with Crippen LogP contribution in [0.25, 0.3) is 0 Å². The number of benzene rings is 2. The summed E-state index contributed by atoms with van der Waals surface area (Å²) in [7, 11) is 0. The zero-order valence-electron chi connectivity index (χ0n) is 16.4. The minimum Gasteiger partial charge on any atom is -0.507 e. The third-order valence-corrected chi connectivity index (χ3v) is 5.39. The van der Waals surface area contributed by atoms with Crippen LogP contribution >= 0.6 is 0 Å². The lowest BCUT2D eigenvalue weighted by Gasteiger charge is -2.36. The van der Waals surface area contributed by atoms with Gasteiger partial charge in [0.25, 0.3) is 5.91 Å². The lowest BCUT2D eigenvalue weighted by molar-refractivity contribution is 0.0579. The predicted molar refractivity (Wildman–Crippen MR) is 110 cm³/mol. The van der Waals surface area contributed by atoms with Crippen LogP contribution < -0.4 is 4.74 Å². The van der Waals surface area contributed by atoms with E-state index >= 15 is 0 Å². The summed E-state index contributed by atoms with van der Waals surface area (Å²) < 4.78 is 5.75. The Morgan fingerprint density at radius 1 is 1.17 bits per heavy atom. The number of hydrogen-bond acceptors (Lipinski definition) is 5. The smallest absolute Gasteiger partial charge is 0.254 e. The van der Waals surface area contributed by atoms with Crippen molar-refractivity contribution in [3.63, 3.8) is 0 Å². The van der Waals surface area contributed by atoms with E-state index in [1.54, 1.807) is 12.1 Å². The maximum atomic E-state index is 13.2. The first-order valence-corrected chi connectivity index (χ1v) is 10.1. The average molecular weight is 397 g/mol. The Morgan fingerprint density at radius 2 is 2.00 bits per heavy atom. The number of hydrogen-bond donors (Lipinski definition) is 2. The van der Waals surface area contributed by atoms with Gasteiger partial charge in [-0.1, -0.05) is 24.3 Å². The Morgan fingerprint density at radius 3 is 2.79 bits per heavy atom. The zero-order valence-corrected chi connectivity index (χ0v) is 16.4. The molecule has 154 valence electrons. The fourth-order valence-corrected chi connectivity index (χ4v) is 3.87. The highest BCUT2D eigenvalue weighted by atomic mass is 16.5. The molecule has 6 nitrogen and oxygen atoms in total. The molecule has 0 bridgehead atoms. The SMILES string of the molecule is O=Cc1c(O)cccc1OCC[C@@H]1CCCCN1C(=O)c1ccccc1CCO. The van der Waals surface area contributed by atoms with Crippen LogP contribution in [0.1, 0.15) is 52.0 Å². The molecule has 3 rings (SSSR count). The van der Waals surface area contributed by atoms with Crippen LogP contribution in [-0.2, 0) is 6.42 Å². The van der Waals surface area contributed by atoms with Crippen LogP contribution in [0.4, 0.5) is 0 Å². The number of likely N-dealkylation sites (tertiary alicyclic amines) is 1. The number of phenols is 1. The molecular weight excluding hydrogens is 370 g/mol. The second-order valence-corrected chi connectivity index (χ2v) is 7.22. The predicted octanol–water partition coefficient (Wildman–Crippen LogP) is 3.20. The van der Waals surface area contributed by atoms with Gasteiger partial charge in [0.1, 0.15) is 11.5 Å². The van der Waals surface area contributed by atoms with Crippen LogP contribution in [0.15, 0.2) is 42.5 Å². The van der Waals surface area contributed by atoms with Gasteiger partial charge in [0.05, 0.1) is 12.2 Å². The molecule has 29 heavy (non-hydrogen) atoms. The number of rotatable bonds is 8. The summed E-state index contributed by atoms with van der Waals surface area (Å²) in [4.78, 5) is 26.3. The number of carbonyl (C=O) groups is 2. The second-order valence-electron chi connectivity index (χ2n) is 7.22. The number of aliphatic hydroxyl groups is 1. The number of aldehydes is 1. The van der Waals surface area contributed by atoms with E-state index in [0.29, 0.717) is 43.6 Å². The minimum atomic E-state index is -0.104. The lowest BCUT2D eigenvalue weighted by Crippen LogP contribution is -2.44. The molecule has 0 spiro atoms. The average Bonchev–Trinajstić information content (AvgIpc) is 2.74. The van der Waals surface area contributed by atoms with E-state index in [-0.39, 0.29) is 29.9 Å². The first kappa shape index (κ1) is 20.9. The molecule has 0 radical (unpaired) electrons. The van der Waals surface area contributed by atoms with Gasteiger partial charge in [-0.25, -0.2) is 0 Å². The molecule has 2 aromatic rings. The number of piperidine rings is 1. The van der Waals surface area contributed by atoms with Crippen molar-refractivity contribution in [3.05, 3.63) is 59.2 Å². The number of phenolic OH excluding ortho intramolecular Hbond substituents is 1. The van der Waals surface area contributed by atoms with Crippen molar-refractivity contribution in [2.75, 3.05) is 19.8 Å². The topological polar surface area (TPSA) is 87.1 Å². The van der Waals surface area contributed by atoms with Gasteiger partial charge in [0.15, 0.2) is 6.29 Å². The van der Waals surface area contributed by atoms with Crippen molar-refractivity contribution in [2.45, 2.75) is 38.1 Å². The van der Waals surface area contributed by atoms with Crippen molar-refractivity contribution in [3.8, 4) is 11.5 Å². The lowest BCUT2D eigenvalue weighted by atomic mass is 9.96. The van der Waals surface area contributed by atoms with E-state index in [9.17, 15) is 19.8 Å². The number of aromatic hydroxyl groups is 1. The second kappa shape index (κ2) is 10.1. The summed E-state index contributed by atoms with van der Waals surface area (Å²) in [5.74, 6) is 0.235. The molecule has 0 aliphatic carbocycles. The van der Waals surface area contributed by atoms with E-state index < -0.39 is 0 Å². The van der Waals surface area contributed by atoms with Crippen molar-refractivity contribution in [1.29, 1.82) is 0 Å². The molecule has 0 saturated carbocycles. The van der Waals surface area contributed by atoms with Crippen molar-refractivity contribution in [2.24, 2.45) is 0 Å². The summed E-state index contributed by atoms with van der Waals surface area (Å²) in [6.07, 6.45) is 4.60. The Bertz CT molecular complexity index is 851. The Hall–Kier alpha value is -2.86. The third-order valence-electron chi connectivity index (χ3n) is 5.39. The summed E-state index contributed by atoms with van der Waals surface area (Å²) in [6, 6.07) is 12.2. The normalized spacial score (nSPS) is 16.4. The first-order valence-electron chi connectivity index (χ1n) is 10.1. The molecule has 2 aromatic carbocycles. The summed E-state index contributed by atoms with van der Waals surface area (Å²) >= 11 is 0. The molecule has 1 heterocycles. The maximum absolute atomic E-state index is 13.2. The fraction of sp³-hybridized carbons (Fsp3) is 0.391. The zero-order chi connectivity index (χ0) is 20.6. The number of carbonyl (C=O) groups excluding carboxylic acids is 2. The Kier molecular flexibility index (Phi) is 7.25. The highest BCUT2D eigenvalue weighted by Gasteiger charge is 2.28. The van der Waals surface area contributed by atoms with Crippen LogP contribution in [0, 0.1) is 0 Å². The van der Waals surface area contributed by atoms with E-state index in [1.165, 1.54) is 6.07 Å². The van der Waals surface area contributed by atoms with E-state index in [4.69, 9.17) is 4.74 Å². The van der Waals surface area contributed by atoms with Gasteiger partial charge in [-0.3, -0.25) is 9.59 Å². The molecule has 1 aliphatic heterocycles. The highest BCUT2D eigenvalue weighted by molar-refractivity contribution is 5.96. The number of nitrogens with zero attached hydrogens (tertiary/aromatic N) is 1. The van der Waals surface area contributed by atoms with E-state index in [0.717, 1.165) is 24.8 Å². The largest absolute Gasteiger partial charge is 0.507 e. The maximum Gasteiger partial charge on any atom is 0.254 e. The highest BCUT2D eigenvalue weighted by Crippen LogP contribution is 2.27. The Labute approximate surface area is 170 Å². The van der Waals surface area contributed by atoms with E-state index in [1.807, 2.05) is 29.2 Å². The van der Waals surface area contributed by atoms with Gasteiger partial charge < -0.3 is 19.8 Å². The van der Waals surface area contributed by atoms with Crippen LogP contribution in [0.2, 0.25) is 0 Å². The molecule has 0 unspecified atom stereocenters. The van der Waals surface area contributed by atoms with Crippen molar-refractivity contribution in [1.82, 2.24) is 4.90 Å². The van der Waals surface area contributed by atoms with Crippen molar-refractivity contribution >= 4 is 12.2 Å². The van der Waals surface area contributed by atoms with Crippen LogP contribution in [-0.4, -0.2) is 53.1 Å². The number of amides is 1. The third kappa shape index (κ3) is 4.95. The molecule has 1 atom stereocenters. The van der Waals surface area contributed by atoms with Crippen molar-refractivity contribution < 1.29 is 24.5 Å². The van der Waals surface area contributed by atoms with Crippen LogP contribution in [0.3, 0.4) is 0 Å². The summed E-state index contributed by atoms with van der Waals surface area (Å²) in [5.41, 5.74) is 1.64. The standard InChI is InChI=1S/C23H27NO5/c25-14-11-17-6-1-2-8-19(17)23(28)24-13-4-3-7-18(24)12-15-29-22-10-5-9-21(27)20(22)16-26/h1-2,5-6,8-10,16,18,25,27H,3-4,7,11-15H2/t18-/m0/s1. The van der Waals surface area contributed by atoms with Gasteiger partial charge in [-0.05, 0) is 49.4 Å². The Balaban J connectivity index is 1.68. The van der Waals surface area contributed by atoms with Gasteiger partial charge >= 0.3 is 0 Å². The quantitative estimate of drug-likeness (QED) is 0.668. The molecule has 2 N–H and O–H groups in total. The molecular formula is C23H27NO5. The number of aliphatic hydroxyl groups excluding tert-OH is 1. The van der Waals surface area contributed by atoms with Gasteiger partial charge in [-0.2, -0.15) is 0 Å². The first-order chi connectivity index (χ1) is 14.2. The summed E-state index contributed by atoms with van der Waals surface area (Å²) in [5, 5.41) is 19.1. The minimum absolute atomic E-state index is 0.00451. The van der Waals surface area contributed by atoms with Gasteiger partial charge in [0.2, 0.25) is 0 Å². The van der Waals surface area contributed by atoms with Gasteiger partial charge in [-0.15, -0.1) is 0 Å². The van der Waals surface area contributed by atoms with Gasteiger partial charge in [0, 0.05) is 31.2 Å². The monoisotopic (exact) mass is 397 g/mol. The molecule has 0 aromatic heterocycles. The molecule has 1 fully saturated rings.